The Balaban J connectivity index is 2.31. The molecule has 114 valence electrons. The molecule has 4 N–H and O–H groups in total. The number of hydrogen-bond donors (Lipinski definition) is 2. The van der Waals surface area contributed by atoms with Gasteiger partial charge in [-0.15, -0.1) is 0 Å². The van der Waals surface area contributed by atoms with Gasteiger partial charge in [0.1, 0.15) is 10.8 Å². The van der Waals surface area contributed by atoms with Crippen LogP contribution in [0.25, 0.3) is 6.08 Å². The zero-order valence-corrected chi connectivity index (χ0v) is 13.4. The van der Waals surface area contributed by atoms with E-state index in [1.54, 1.807) is 6.08 Å². The van der Waals surface area contributed by atoms with Gasteiger partial charge in [0.2, 0.25) is 0 Å². The number of rotatable bonds is 3. The van der Waals surface area contributed by atoms with Crippen molar-refractivity contribution in [3.05, 3.63) is 22.5 Å². The standard InChI is InChI=1S/C13H20BClN4O2/c1-12(2)13(3,4)21-14(20-12)8(6-16)5-9-11(17)19-10(15)7-18-9/h5,7H,6,16H2,1-4H3,(H2,17,19). The fraction of sp³-hybridized carbons (Fsp3) is 0.538. The second kappa shape index (κ2) is 5.57. The van der Waals surface area contributed by atoms with Crippen LogP contribution < -0.4 is 11.5 Å². The van der Waals surface area contributed by atoms with Gasteiger partial charge in [-0.25, -0.2) is 9.97 Å². The summed E-state index contributed by atoms with van der Waals surface area (Å²) >= 11 is 5.74. The zero-order chi connectivity index (χ0) is 15.8. The van der Waals surface area contributed by atoms with Crippen LogP contribution in [0.3, 0.4) is 0 Å². The fourth-order valence-corrected chi connectivity index (χ4v) is 2.03. The maximum Gasteiger partial charge on any atom is 0.491 e. The minimum Gasteiger partial charge on any atom is -0.400 e. The molecule has 0 radical (unpaired) electrons. The number of nitrogens with zero attached hydrogens (tertiary/aromatic N) is 2. The van der Waals surface area contributed by atoms with Crippen LogP contribution in [0.2, 0.25) is 5.15 Å². The topological polar surface area (TPSA) is 96.3 Å². The monoisotopic (exact) mass is 310 g/mol. The lowest BCUT2D eigenvalue weighted by Gasteiger charge is -2.32. The summed E-state index contributed by atoms with van der Waals surface area (Å²) in [4.78, 5) is 8.11. The number of hydrogen-bond acceptors (Lipinski definition) is 6. The van der Waals surface area contributed by atoms with E-state index in [9.17, 15) is 0 Å². The predicted octanol–water partition coefficient (Wildman–Crippen LogP) is 1.69. The molecular weight excluding hydrogens is 290 g/mol. The van der Waals surface area contributed by atoms with Crippen molar-refractivity contribution in [3.8, 4) is 0 Å². The van der Waals surface area contributed by atoms with Crippen molar-refractivity contribution < 1.29 is 9.31 Å². The summed E-state index contributed by atoms with van der Waals surface area (Å²) in [7, 11) is -0.531. The Morgan fingerprint density at radius 1 is 1.33 bits per heavy atom. The van der Waals surface area contributed by atoms with Gasteiger partial charge in [-0.3, -0.25) is 0 Å². The first kappa shape index (κ1) is 16.2. The Hall–Kier alpha value is -1.15. The van der Waals surface area contributed by atoms with Gasteiger partial charge in [-0.1, -0.05) is 11.6 Å². The molecule has 0 spiro atoms. The van der Waals surface area contributed by atoms with Crippen molar-refractivity contribution in [2.75, 3.05) is 12.3 Å². The lowest BCUT2D eigenvalue weighted by Crippen LogP contribution is -2.41. The molecular formula is C13H20BClN4O2. The van der Waals surface area contributed by atoms with E-state index in [-0.39, 0.29) is 17.5 Å². The van der Waals surface area contributed by atoms with Crippen LogP contribution in [0.5, 0.6) is 0 Å². The first-order valence-corrected chi connectivity index (χ1v) is 7.08. The summed E-state index contributed by atoms with van der Waals surface area (Å²) < 4.78 is 11.9. The quantitative estimate of drug-likeness (QED) is 0.825. The third kappa shape index (κ3) is 3.21. The molecule has 1 aromatic heterocycles. The zero-order valence-electron chi connectivity index (χ0n) is 12.7. The van der Waals surface area contributed by atoms with E-state index in [0.717, 1.165) is 5.47 Å². The largest absolute Gasteiger partial charge is 0.491 e. The molecule has 1 aliphatic rings. The molecule has 8 heteroatoms. The van der Waals surface area contributed by atoms with Gasteiger partial charge < -0.3 is 20.8 Å². The Bertz CT molecular complexity index is 561. The van der Waals surface area contributed by atoms with Crippen LogP contribution in [0.1, 0.15) is 33.4 Å². The third-order valence-corrected chi connectivity index (χ3v) is 4.10. The SMILES string of the molecule is CC1(C)OB(C(=Cc2ncc(Cl)nc2N)CN)OC1(C)C. The van der Waals surface area contributed by atoms with Crippen molar-refractivity contribution in [2.24, 2.45) is 5.73 Å². The summed E-state index contributed by atoms with van der Waals surface area (Å²) in [6, 6.07) is 0. The van der Waals surface area contributed by atoms with Gasteiger partial charge in [-0.05, 0) is 39.2 Å². The van der Waals surface area contributed by atoms with Crippen molar-refractivity contribution in [1.29, 1.82) is 0 Å². The summed E-state index contributed by atoms with van der Waals surface area (Å²) in [5, 5.41) is 0.245. The molecule has 0 amide bonds. The van der Waals surface area contributed by atoms with Gasteiger partial charge in [-0.2, -0.15) is 0 Å². The van der Waals surface area contributed by atoms with Gasteiger partial charge in [0.05, 0.1) is 17.4 Å². The van der Waals surface area contributed by atoms with Gasteiger partial charge in [0.25, 0.3) is 0 Å². The third-order valence-electron chi connectivity index (χ3n) is 3.91. The van der Waals surface area contributed by atoms with Crippen LogP contribution in [-0.2, 0) is 9.31 Å². The highest BCUT2D eigenvalue weighted by Crippen LogP contribution is 2.38. The fourth-order valence-electron chi connectivity index (χ4n) is 1.89. The molecule has 6 nitrogen and oxygen atoms in total. The predicted molar refractivity (Wildman–Crippen MR) is 84.6 cm³/mol. The number of halogens is 1. The van der Waals surface area contributed by atoms with Gasteiger partial charge >= 0.3 is 7.12 Å². The Morgan fingerprint density at radius 3 is 2.38 bits per heavy atom. The van der Waals surface area contributed by atoms with E-state index in [1.165, 1.54) is 6.20 Å². The van der Waals surface area contributed by atoms with Gasteiger partial charge in [0.15, 0.2) is 5.82 Å². The molecule has 0 atom stereocenters. The second-order valence-corrected chi connectivity index (χ2v) is 6.36. The van der Waals surface area contributed by atoms with Crippen molar-refractivity contribution in [2.45, 2.75) is 38.9 Å². The number of aromatic nitrogens is 2. The number of nitrogens with two attached hydrogens (primary N) is 2. The average Bonchev–Trinajstić information content (AvgIpc) is 2.57. The normalized spacial score (nSPS) is 20.9. The minimum absolute atomic E-state index is 0.241. The summed E-state index contributed by atoms with van der Waals surface area (Å²) in [6.07, 6.45) is 3.17. The maximum atomic E-state index is 5.97. The van der Waals surface area contributed by atoms with E-state index in [1.807, 2.05) is 27.7 Å². The van der Waals surface area contributed by atoms with Crippen LogP contribution >= 0.6 is 11.6 Å². The van der Waals surface area contributed by atoms with Crippen molar-refractivity contribution in [3.63, 3.8) is 0 Å². The van der Waals surface area contributed by atoms with E-state index in [0.29, 0.717) is 5.69 Å². The van der Waals surface area contributed by atoms with Gasteiger partial charge in [0, 0.05) is 6.54 Å². The van der Waals surface area contributed by atoms with Crippen molar-refractivity contribution >= 4 is 30.6 Å². The molecule has 0 unspecified atom stereocenters. The Labute approximate surface area is 130 Å². The molecule has 21 heavy (non-hydrogen) atoms. The minimum atomic E-state index is -0.531. The highest BCUT2D eigenvalue weighted by molar-refractivity contribution is 6.55. The summed E-state index contributed by atoms with van der Waals surface area (Å²) in [6.45, 7) is 8.20. The average molecular weight is 311 g/mol. The van der Waals surface area contributed by atoms with Crippen molar-refractivity contribution in [1.82, 2.24) is 9.97 Å². The second-order valence-electron chi connectivity index (χ2n) is 5.97. The molecule has 0 bridgehead atoms. The molecule has 1 fully saturated rings. The lowest BCUT2D eigenvalue weighted by atomic mass is 9.77. The molecule has 0 aliphatic carbocycles. The highest BCUT2D eigenvalue weighted by atomic mass is 35.5. The first-order chi connectivity index (χ1) is 9.66. The summed E-state index contributed by atoms with van der Waals surface area (Å²) in [5.41, 5.74) is 12.0. The van der Waals surface area contributed by atoms with E-state index >= 15 is 0 Å². The summed E-state index contributed by atoms with van der Waals surface area (Å²) in [5.74, 6) is 0.241. The van der Waals surface area contributed by atoms with E-state index in [4.69, 9.17) is 32.4 Å². The van der Waals surface area contributed by atoms with E-state index in [2.05, 4.69) is 9.97 Å². The first-order valence-electron chi connectivity index (χ1n) is 6.70. The molecule has 2 heterocycles. The lowest BCUT2D eigenvalue weighted by molar-refractivity contribution is 0.00578. The molecule has 1 saturated heterocycles. The van der Waals surface area contributed by atoms with Crippen LogP contribution in [-0.4, -0.2) is 34.8 Å². The molecule has 1 aromatic rings. The van der Waals surface area contributed by atoms with Crippen LogP contribution in [0, 0.1) is 0 Å². The number of nitrogen functional groups attached to an aromatic ring is 1. The smallest absolute Gasteiger partial charge is 0.400 e. The van der Waals surface area contributed by atoms with Crippen LogP contribution in [0.4, 0.5) is 5.82 Å². The Kier molecular flexibility index (Phi) is 4.30. The molecule has 0 saturated carbocycles. The Morgan fingerprint density at radius 2 is 1.90 bits per heavy atom. The van der Waals surface area contributed by atoms with E-state index < -0.39 is 18.3 Å². The molecule has 1 aliphatic heterocycles. The highest BCUT2D eigenvalue weighted by Gasteiger charge is 2.52. The number of anilines is 1. The maximum absolute atomic E-state index is 5.97. The van der Waals surface area contributed by atoms with Crippen LogP contribution in [0.15, 0.2) is 11.7 Å². The molecule has 0 aromatic carbocycles. The molecule has 2 rings (SSSR count).